The lowest BCUT2D eigenvalue weighted by Crippen LogP contribution is -2.29. The lowest BCUT2D eigenvalue weighted by molar-refractivity contribution is 0.106. The van der Waals surface area contributed by atoms with Crippen molar-refractivity contribution in [3.63, 3.8) is 0 Å². The number of thiazole rings is 1. The van der Waals surface area contributed by atoms with Gasteiger partial charge in [0.2, 0.25) is 0 Å². The van der Waals surface area contributed by atoms with Crippen molar-refractivity contribution < 1.29 is 4.79 Å². The molecule has 3 aromatic rings. The van der Waals surface area contributed by atoms with Gasteiger partial charge in [-0.3, -0.25) is 9.59 Å². The number of hydrogen-bond acceptors (Lipinski definition) is 3. The molecule has 0 saturated carbocycles. The molecular formula is C19H13Cl2NO2S. The molecule has 0 spiro atoms. The van der Waals surface area contributed by atoms with Crippen LogP contribution < -0.4 is 14.8 Å². The van der Waals surface area contributed by atoms with E-state index in [-0.39, 0.29) is 11.3 Å². The molecule has 0 radical (unpaired) electrons. The lowest BCUT2D eigenvalue weighted by atomic mass is 10.1. The summed E-state index contributed by atoms with van der Waals surface area (Å²) in [6.45, 7) is 0. The largest absolute Gasteiger partial charge is 0.302 e. The summed E-state index contributed by atoms with van der Waals surface area (Å²) in [5.41, 5.74) is 1.25. The Hall–Kier alpha value is -2.14. The predicted molar refractivity (Wildman–Crippen MR) is 104 cm³/mol. The van der Waals surface area contributed by atoms with Crippen LogP contribution in [0.1, 0.15) is 15.9 Å². The van der Waals surface area contributed by atoms with Gasteiger partial charge in [-0.25, -0.2) is 0 Å². The normalized spacial score (nSPS) is 12.6. The van der Waals surface area contributed by atoms with Crippen LogP contribution in [0, 0.1) is 0 Å². The van der Waals surface area contributed by atoms with E-state index >= 15 is 0 Å². The van der Waals surface area contributed by atoms with Crippen LogP contribution in [-0.4, -0.2) is 10.4 Å². The number of carbonyl (C=O) groups excluding carboxylic acids is 1. The number of rotatable bonds is 3. The van der Waals surface area contributed by atoms with Crippen molar-refractivity contribution in [1.29, 1.82) is 0 Å². The average Bonchev–Trinajstić information content (AvgIpc) is 2.85. The molecule has 6 heteroatoms. The maximum absolute atomic E-state index is 12.4. The van der Waals surface area contributed by atoms with E-state index in [0.29, 0.717) is 24.8 Å². The molecule has 0 aliphatic rings. The zero-order valence-corrected chi connectivity index (χ0v) is 15.5. The summed E-state index contributed by atoms with van der Waals surface area (Å²) < 4.78 is 2.62. The van der Waals surface area contributed by atoms with Gasteiger partial charge in [0, 0.05) is 28.7 Å². The summed E-state index contributed by atoms with van der Waals surface area (Å²) in [6.07, 6.45) is 3.25. The molecular weight excluding hydrogens is 377 g/mol. The predicted octanol–water partition coefficient (Wildman–Crippen LogP) is 3.25. The van der Waals surface area contributed by atoms with Gasteiger partial charge in [0.25, 0.3) is 5.56 Å². The van der Waals surface area contributed by atoms with Gasteiger partial charge < -0.3 is 4.57 Å². The van der Waals surface area contributed by atoms with E-state index in [1.807, 2.05) is 12.1 Å². The van der Waals surface area contributed by atoms with Crippen LogP contribution in [0.3, 0.4) is 0 Å². The van der Waals surface area contributed by atoms with Gasteiger partial charge in [-0.05, 0) is 48.0 Å². The molecule has 0 aliphatic carbocycles. The Morgan fingerprint density at radius 1 is 1.00 bits per heavy atom. The average molecular weight is 390 g/mol. The summed E-state index contributed by atoms with van der Waals surface area (Å²) in [4.78, 5) is 24.8. The summed E-state index contributed by atoms with van der Waals surface area (Å²) in [5, 5.41) is 1.21. The number of halogens is 2. The van der Waals surface area contributed by atoms with Crippen molar-refractivity contribution >= 4 is 52.5 Å². The molecule has 0 bridgehead atoms. The van der Waals surface area contributed by atoms with Crippen LogP contribution >= 0.6 is 34.5 Å². The van der Waals surface area contributed by atoms with Crippen LogP contribution in [0.2, 0.25) is 10.0 Å². The van der Waals surface area contributed by atoms with Crippen LogP contribution in [-0.2, 0) is 7.05 Å². The monoisotopic (exact) mass is 389 g/mol. The smallest absolute Gasteiger partial charge is 0.268 e. The maximum atomic E-state index is 12.4. The van der Waals surface area contributed by atoms with E-state index in [2.05, 4.69) is 0 Å². The van der Waals surface area contributed by atoms with Crippen molar-refractivity contribution in [2.24, 2.45) is 7.05 Å². The van der Waals surface area contributed by atoms with E-state index < -0.39 is 0 Å². The number of aromatic nitrogens is 1. The minimum atomic E-state index is -0.174. The first kappa shape index (κ1) is 17.7. The third-order valence-electron chi connectivity index (χ3n) is 3.61. The van der Waals surface area contributed by atoms with Crippen molar-refractivity contribution in [1.82, 2.24) is 4.57 Å². The minimum absolute atomic E-state index is 0.143. The quantitative estimate of drug-likeness (QED) is 0.644. The number of ketones is 1. The van der Waals surface area contributed by atoms with Gasteiger partial charge in [-0.1, -0.05) is 35.3 Å². The molecule has 0 amide bonds. The summed E-state index contributed by atoms with van der Waals surface area (Å²) in [7, 11) is 1.65. The van der Waals surface area contributed by atoms with Crippen LogP contribution in [0.25, 0.3) is 12.2 Å². The second kappa shape index (κ2) is 7.40. The molecule has 0 saturated heterocycles. The fraction of sp³-hybridized carbons (Fsp3) is 0.0526. The molecule has 1 heterocycles. The maximum Gasteiger partial charge on any atom is 0.268 e. The van der Waals surface area contributed by atoms with Gasteiger partial charge in [0.15, 0.2) is 5.78 Å². The standard InChI is InChI=1S/C19H13Cl2NO2S/c1-22-18(11-16(23)13-4-8-15(21)9-5-13)25-17(19(22)24)10-12-2-6-14(20)7-3-12/h2-11H,1H3/b17-10+,18-11-. The second-order valence-electron chi connectivity index (χ2n) is 5.38. The third-order valence-corrected chi connectivity index (χ3v) is 5.23. The molecule has 0 N–H and O–H groups in total. The molecule has 0 atom stereocenters. The minimum Gasteiger partial charge on any atom is -0.302 e. The number of hydrogen-bond donors (Lipinski definition) is 0. The molecule has 3 rings (SSSR count). The van der Waals surface area contributed by atoms with Crippen molar-refractivity contribution in [2.75, 3.05) is 0 Å². The topological polar surface area (TPSA) is 39.1 Å². The summed E-state index contributed by atoms with van der Waals surface area (Å²) in [6, 6.07) is 13.9. The van der Waals surface area contributed by atoms with Gasteiger partial charge >= 0.3 is 0 Å². The zero-order valence-electron chi connectivity index (χ0n) is 13.2. The Labute approximate surface area is 158 Å². The van der Waals surface area contributed by atoms with E-state index in [4.69, 9.17) is 23.2 Å². The first-order valence-corrected chi connectivity index (χ1v) is 8.96. The van der Waals surface area contributed by atoms with Gasteiger partial charge in [-0.2, -0.15) is 0 Å². The van der Waals surface area contributed by atoms with Gasteiger partial charge in [0.05, 0.1) is 4.53 Å². The second-order valence-corrected chi connectivity index (χ2v) is 7.32. The molecule has 0 unspecified atom stereocenters. The zero-order chi connectivity index (χ0) is 18.0. The van der Waals surface area contributed by atoms with Crippen molar-refractivity contribution in [3.8, 4) is 0 Å². The summed E-state index contributed by atoms with van der Waals surface area (Å²) in [5.74, 6) is -0.174. The van der Waals surface area contributed by atoms with Crippen molar-refractivity contribution in [3.05, 3.63) is 89.3 Å². The van der Waals surface area contributed by atoms with Crippen LogP contribution in [0.5, 0.6) is 0 Å². The SMILES string of the molecule is Cn1c(=O)/c(=C\c2ccc(Cl)cc2)s/c1=C\C(=O)c1ccc(Cl)cc1. The molecule has 1 aromatic heterocycles. The summed E-state index contributed by atoms with van der Waals surface area (Å²) >= 11 is 13.0. The van der Waals surface area contributed by atoms with Gasteiger partial charge in [-0.15, -0.1) is 11.3 Å². The first-order chi connectivity index (χ1) is 11.9. The highest BCUT2D eigenvalue weighted by molar-refractivity contribution is 7.07. The highest BCUT2D eigenvalue weighted by Crippen LogP contribution is 2.11. The Morgan fingerprint density at radius 3 is 2.16 bits per heavy atom. The molecule has 0 aliphatic heterocycles. The Balaban J connectivity index is 2.04. The molecule has 2 aromatic carbocycles. The van der Waals surface area contributed by atoms with Crippen molar-refractivity contribution in [2.45, 2.75) is 0 Å². The Morgan fingerprint density at radius 2 is 1.56 bits per heavy atom. The van der Waals surface area contributed by atoms with Crippen LogP contribution in [0.15, 0.2) is 53.3 Å². The lowest BCUT2D eigenvalue weighted by Gasteiger charge is -1.95. The Bertz CT molecular complexity index is 1090. The number of carbonyl (C=O) groups is 1. The Kier molecular flexibility index (Phi) is 5.23. The fourth-order valence-corrected chi connectivity index (χ4v) is 3.51. The fourth-order valence-electron chi connectivity index (χ4n) is 2.23. The first-order valence-electron chi connectivity index (χ1n) is 7.39. The molecule has 126 valence electrons. The van der Waals surface area contributed by atoms with E-state index in [9.17, 15) is 9.59 Å². The van der Waals surface area contributed by atoms with E-state index in [1.165, 1.54) is 22.0 Å². The highest BCUT2D eigenvalue weighted by atomic mass is 35.5. The number of benzene rings is 2. The van der Waals surface area contributed by atoms with Gasteiger partial charge in [0.1, 0.15) is 4.66 Å². The third kappa shape index (κ3) is 4.10. The highest BCUT2D eigenvalue weighted by Gasteiger charge is 2.05. The number of nitrogens with zero attached hydrogens (tertiary/aromatic N) is 1. The molecule has 0 fully saturated rings. The van der Waals surface area contributed by atoms with Crippen LogP contribution in [0.4, 0.5) is 0 Å². The van der Waals surface area contributed by atoms with E-state index in [1.54, 1.807) is 49.5 Å². The van der Waals surface area contributed by atoms with E-state index in [0.717, 1.165) is 5.56 Å². The number of Topliss-reactive ketones (excluding diaryl/α,β-unsaturated/α-hetero) is 1. The molecule has 3 nitrogen and oxygen atoms in total. The molecule has 25 heavy (non-hydrogen) atoms.